The molecule has 2 aromatic rings. The van der Waals surface area contributed by atoms with Crippen molar-refractivity contribution in [2.45, 2.75) is 18.6 Å². The van der Waals surface area contributed by atoms with Gasteiger partial charge in [-0.3, -0.25) is 9.59 Å². The Morgan fingerprint density at radius 2 is 1.64 bits per heavy atom. The lowest BCUT2D eigenvalue weighted by Gasteiger charge is -2.41. The first-order valence-corrected chi connectivity index (χ1v) is 10.2. The Bertz CT molecular complexity index is 1120. The quantitative estimate of drug-likeness (QED) is 0.490. The average molecular weight is 458 g/mol. The highest BCUT2D eigenvalue weighted by Gasteiger charge is 2.61. The van der Waals surface area contributed by atoms with Gasteiger partial charge in [0.05, 0.1) is 14.2 Å². The van der Waals surface area contributed by atoms with Gasteiger partial charge in [-0.05, 0) is 23.8 Å². The van der Waals surface area contributed by atoms with Crippen LogP contribution in [0.5, 0.6) is 34.5 Å². The minimum absolute atomic E-state index is 0.0722. The molecule has 2 aromatic carbocycles. The van der Waals surface area contributed by atoms with Crippen LogP contribution in [0.3, 0.4) is 0 Å². The molecule has 0 unspecified atom stereocenters. The van der Waals surface area contributed by atoms with Crippen LogP contribution in [0.4, 0.5) is 0 Å². The normalized spacial score (nSPS) is 24.3. The first-order valence-electron chi connectivity index (χ1n) is 10.2. The van der Waals surface area contributed by atoms with Crippen LogP contribution >= 0.6 is 0 Å². The second-order valence-electron chi connectivity index (χ2n) is 7.77. The molecule has 3 aliphatic heterocycles. The fourth-order valence-corrected chi connectivity index (χ4v) is 4.57. The molecule has 3 heterocycles. The van der Waals surface area contributed by atoms with Gasteiger partial charge < -0.3 is 37.9 Å². The number of cyclic esters (lactones) is 1. The minimum Gasteiger partial charge on any atom is -0.493 e. The van der Waals surface area contributed by atoms with Crippen LogP contribution in [0.1, 0.15) is 24.0 Å². The van der Waals surface area contributed by atoms with Crippen LogP contribution in [0.15, 0.2) is 24.3 Å². The van der Waals surface area contributed by atoms with Crippen LogP contribution in [-0.4, -0.2) is 52.5 Å². The van der Waals surface area contributed by atoms with Gasteiger partial charge in [-0.2, -0.15) is 0 Å². The highest BCUT2D eigenvalue weighted by molar-refractivity contribution is 5.80. The molecule has 0 N–H and O–H groups in total. The van der Waals surface area contributed by atoms with Gasteiger partial charge >= 0.3 is 11.9 Å². The summed E-state index contributed by atoms with van der Waals surface area (Å²) in [6, 6.07) is 6.88. The third-order valence-electron chi connectivity index (χ3n) is 6.03. The van der Waals surface area contributed by atoms with E-state index in [2.05, 4.69) is 0 Å². The highest BCUT2D eigenvalue weighted by Crippen LogP contribution is 2.56. The summed E-state index contributed by atoms with van der Waals surface area (Å²) in [7, 11) is 4.37. The number of hydrogen-bond acceptors (Lipinski definition) is 10. The number of hydrogen-bond donors (Lipinski definition) is 0. The Labute approximate surface area is 189 Å². The van der Waals surface area contributed by atoms with E-state index in [9.17, 15) is 9.59 Å². The summed E-state index contributed by atoms with van der Waals surface area (Å²) >= 11 is 0. The van der Waals surface area contributed by atoms with Crippen LogP contribution in [-0.2, 0) is 19.1 Å². The van der Waals surface area contributed by atoms with Crippen molar-refractivity contribution < 1.29 is 47.5 Å². The van der Waals surface area contributed by atoms with Gasteiger partial charge in [0.25, 0.3) is 5.79 Å². The summed E-state index contributed by atoms with van der Waals surface area (Å²) in [6.45, 7) is 1.30. The molecule has 1 saturated heterocycles. The molecule has 3 atom stereocenters. The Morgan fingerprint density at radius 1 is 0.970 bits per heavy atom. The van der Waals surface area contributed by atoms with Crippen molar-refractivity contribution in [3.63, 3.8) is 0 Å². The third kappa shape index (κ3) is 3.20. The summed E-state index contributed by atoms with van der Waals surface area (Å²) in [4.78, 5) is 24.6. The lowest BCUT2D eigenvalue weighted by molar-refractivity contribution is -0.195. The Morgan fingerprint density at radius 3 is 2.24 bits per heavy atom. The van der Waals surface area contributed by atoms with Crippen molar-refractivity contribution in [3.05, 3.63) is 35.4 Å². The molecule has 0 radical (unpaired) electrons. The van der Waals surface area contributed by atoms with E-state index in [0.29, 0.717) is 28.4 Å². The van der Waals surface area contributed by atoms with Crippen molar-refractivity contribution in [2.24, 2.45) is 5.92 Å². The van der Waals surface area contributed by atoms with Crippen molar-refractivity contribution in [3.8, 4) is 34.5 Å². The third-order valence-corrected chi connectivity index (χ3v) is 6.03. The Kier molecular flexibility index (Phi) is 4.97. The fourth-order valence-electron chi connectivity index (χ4n) is 4.57. The number of rotatable bonds is 5. The summed E-state index contributed by atoms with van der Waals surface area (Å²) in [5, 5.41) is 0. The zero-order valence-electron chi connectivity index (χ0n) is 18.5. The van der Waals surface area contributed by atoms with Crippen LogP contribution in [0.25, 0.3) is 0 Å². The standard InChI is InChI=1S/C23H22O10/c1-11(24)32-21-17(26-2)5-12(6-18(21)27-3)19-13-7-15-16(31-10-30-15)8-14(13)33-23(28-4)9-29-22(25)20(19)23/h5-8,19-20H,9-10H2,1-4H3/t19-,20-,23-/m0/s1. The highest BCUT2D eigenvalue weighted by atomic mass is 16.7. The molecule has 0 aliphatic carbocycles. The lowest BCUT2D eigenvalue weighted by Crippen LogP contribution is -2.51. The number of carbonyl (C=O) groups excluding carboxylic acids is 2. The molecule has 0 aromatic heterocycles. The van der Waals surface area contributed by atoms with E-state index >= 15 is 0 Å². The fraction of sp³-hybridized carbons (Fsp3) is 0.391. The number of fused-ring (bicyclic) bond motifs is 3. The molecule has 3 aliphatic rings. The second kappa shape index (κ2) is 7.73. The molecular formula is C23H22O10. The summed E-state index contributed by atoms with van der Waals surface area (Å²) in [5.74, 6) is -1.52. The molecule has 33 heavy (non-hydrogen) atoms. The van der Waals surface area contributed by atoms with Crippen molar-refractivity contribution in [1.82, 2.24) is 0 Å². The SMILES string of the molecule is COc1cc([C@H]2c3cc4c(cc3O[C@@]3(OC)COC(=O)[C@H]23)OCO4)cc(OC)c1OC(C)=O. The Hall–Kier alpha value is -3.66. The van der Waals surface area contributed by atoms with E-state index in [1.165, 1.54) is 28.3 Å². The zero-order valence-corrected chi connectivity index (χ0v) is 18.5. The van der Waals surface area contributed by atoms with Crippen LogP contribution in [0, 0.1) is 5.92 Å². The van der Waals surface area contributed by atoms with E-state index in [1.807, 2.05) is 0 Å². The van der Waals surface area contributed by atoms with Gasteiger partial charge in [-0.1, -0.05) is 0 Å². The summed E-state index contributed by atoms with van der Waals surface area (Å²) in [6.07, 6.45) is 0. The molecule has 174 valence electrons. The number of methoxy groups -OCH3 is 3. The molecule has 10 heteroatoms. The van der Waals surface area contributed by atoms with E-state index < -0.39 is 29.6 Å². The molecule has 0 spiro atoms. The largest absolute Gasteiger partial charge is 0.493 e. The maximum Gasteiger partial charge on any atom is 0.317 e. The minimum atomic E-state index is -1.34. The molecule has 0 saturated carbocycles. The number of carbonyl (C=O) groups is 2. The van der Waals surface area contributed by atoms with Crippen LogP contribution < -0.4 is 28.4 Å². The number of esters is 2. The Balaban J connectivity index is 1.74. The van der Waals surface area contributed by atoms with Crippen molar-refractivity contribution >= 4 is 11.9 Å². The van der Waals surface area contributed by atoms with Gasteiger partial charge in [0.2, 0.25) is 12.5 Å². The summed E-state index contributed by atoms with van der Waals surface area (Å²) < 4.78 is 44.7. The maximum atomic E-state index is 13.0. The van der Waals surface area contributed by atoms with E-state index in [1.54, 1.807) is 24.3 Å². The molecule has 1 fully saturated rings. The van der Waals surface area contributed by atoms with E-state index in [0.717, 1.165) is 0 Å². The van der Waals surface area contributed by atoms with Gasteiger partial charge in [0, 0.05) is 31.6 Å². The van der Waals surface area contributed by atoms with Crippen molar-refractivity contribution in [2.75, 3.05) is 34.7 Å². The first kappa shape index (κ1) is 21.2. The molecular weight excluding hydrogens is 436 g/mol. The molecule has 0 amide bonds. The maximum absolute atomic E-state index is 13.0. The summed E-state index contributed by atoms with van der Waals surface area (Å²) in [5.41, 5.74) is 1.33. The van der Waals surface area contributed by atoms with Gasteiger partial charge in [0.15, 0.2) is 29.6 Å². The zero-order chi connectivity index (χ0) is 23.3. The molecule has 0 bridgehead atoms. The lowest BCUT2D eigenvalue weighted by atomic mass is 9.75. The van der Waals surface area contributed by atoms with Gasteiger partial charge in [-0.25, -0.2) is 0 Å². The number of ether oxygens (including phenoxy) is 8. The average Bonchev–Trinajstić information content (AvgIpc) is 3.40. The van der Waals surface area contributed by atoms with E-state index in [-0.39, 0.29) is 30.6 Å². The van der Waals surface area contributed by atoms with E-state index in [4.69, 9.17) is 37.9 Å². The van der Waals surface area contributed by atoms with Crippen molar-refractivity contribution in [1.29, 1.82) is 0 Å². The molecule has 5 rings (SSSR count). The smallest absolute Gasteiger partial charge is 0.317 e. The van der Waals surface area contributed by atoms with Crippen LogP contribution in [0.2, 0.25) is 0 Å². The van der Waals surface area contributed by atoms with Gasteiger partial charge in [0.1, 0.15) is 11.7 Å². The predicted octanol–water partition coefficient (Wildman–Crippen LogP) is 2.40. The predicted molar refractivity (Wildman–Crippen MR) is 110 cm³/mol. The first-order chi connectivity index (χ1) is 15.9. The monoisotopic (exact) mass is 458 g/mol. The number of benzene rings is 2. The second-order valence-corrected chi connectivity index (χ2v) is 7.77. The van der Waals surface area contributed by atoms with Gasteiger partial charge in [-0.15, -0.1) is 0 Å². The molecule has 10 nitrogen and oxygen atoms in total. The topological polar surface area (TPSA) is 108 Å².